The summed E-state index contributed by atoms with van der Waals surface area (Å²) in [7, 11) is 0. The number of aromatic hydroxyl groups is 1. The summed E-state index contributed by atoms with van der Waals surface area (Å²) in [5, 5.41) is 14.0. The second-order valence-corrected chi connectivity index (χ2v) is 8.52. The molecule has 0 amide bonds. The number of carbonyl (C=O) groups excluding carboxylic acids is 1. The normalized spacial score (nSPS) is 18.4. The van der Waals surface area contributed by atoms with Gasteiger partial charge in [-0.15, -0.1) is 0 Å². The molecule has 0 saturated heterocycles. The predicted octanol–water partition coefficient (Wildman–Crippen LogP) is 5.40. The second-order valence-electron chi connectivity index (χ2n) is 7.16. The maximum Gasteiger partial charge on any atom is 0.198 e. The molecule has 3 rings (SSSR count). The van der Waals surface area contributed by atoms with E-state index in [4.69, 9.17) is 16.3 Å². The van der Waals surface area contributed by atoms with E-state index >= 15 is 0 Å². The quantitative estimate of drug-likeness (QED) is 0.619. The first-order valence-electron chi connectivity index (χ1n) is 8.13. The average molecular weight is 437 g/mol. The summed E-state index contributed by atoms with van der Waals surface area (Å²) in [5.41, 5.74) is 1.09. The summed E-state index contributed by atoms with van der Waals surface area (Å²) in [4.78, 5) is 13.1. The number of ketones is 1. The number of phenolic OH excluding ortho intramolecular Hbond substituents is 1. The minimum atomic E-state index is -0.760. The SMILES string of the molecule is CC(C)(C)N/C=C1\C(=O)c2cc(Br)ccc2OC1c1cc(Cl)ccc1O. The molecule has 0 fully saturated rings. The van der Waals surface area contributed by atoms with Gasteiger partial charge in [-0.2, -0.15) is 0 Å². The number of ether oxygens (including phenoxy) is 1. The highest BCUT2D eigenvalue weighted by Crippen LogP contribution is 2.42. The van der Waals surface area contributed by atoms with Crippen molar-refractivity contribution in [2.75, 3.05) is 0 Å². The largest absolute Gasteiger partial charge is 0.508 e. The molecule has 0 saturated carbocycles. The molecule has 0 radical (unpaired) electrons. The summed E-state index contributed by atoms with van der Waals surface area (Å²) in [6.07, 6.45) is 0.904. The van der Waals surface area contributed by atoms with Crippen LogP contribution in [0.5, 0.6) is 11.5 Å². The van der Waals surface area contributed by atoms with Gasteiger partial charge in [0.1, 0.15) is 11.5 Å². The van der Waals surface area contributed by atoms with Crippen LogP contribution in [-0.4, -0.2) is 16.4 Å². The molecule has 0 aromatic heterocycles. The molecule has 1 aliphatic rings. The first-order chi connectivity index (χ1) is 12.2. The molecule has 2 aromatic rings. The Bertz CT molecular complexity index is 902. The molecule has 4 nitrogen and oxygen atoms in total. The van der Waals surface area contributed by atoms with E-state index < -0.39 is 6.10 Å². The van der Waals surface area contributed by atoms with Gasteiger partial charge in [0.2, 0.25) is 0 Å². The fraction of sp³-hybridized carbons (Fsp3) is 0.250. The van der Waals surface area contributed by atoms with Crippen LogP contribution in [0, 0.1) is 0 Å². The number of rotatable bonds is 2. The lowest BCUT2D eigenvalue weighted by Gasteiger charge is -2.30. The number of hydrogen-bond acceptors (Lipinski definition) is 4. The summed E-state index contributed by atoms with van der Waals surface area (Å²) in [6.45, 7) is 5.98. The minimum Gasteiger partial charge on any atom is -0.508 e. The van der Waals surface area contributed by atoms with E-state index in [1.807, 2.05) is 26.8 Å². The molecule has 2 aromatic carbocycles. The van der Waals surface area contributed by atoms with Crippen molar-refractivity contribution in [3.63, 3.8) is 0 Å². The number of nitrogens with one attached hydrogen (secondary N) is 1. The molecule has 0 aliphatic carbocycles. The van der Waals surface area contributed by atoms with Gasteiger partial charge in [-0.3, -0.25) is 4.79 Å². The molecule has 1 aliphatic heterocycles. The lowest BCUT2D eigenvalue weighted by molar-refractivity contribution is 0.0958. The second kappa shape index (κ2) is 6.97. The zero-order chi connectivity index (χ0) is 19.1. The number of hydrogen-bond donors (Lipinski definition) is 2. The summed E-state index contributed by atoms with van der Waals surface area (Å²) < 4.78 is 6.88. The van der Waals surface area contributed by atoms with E-state index in [-0.39, 0.29) is 17.1 Å². The van der Waals surface area contributed by atoms with E-state index in [0.29, 0.717) is 27.5 Å². The number of benzene rings is 2. The molecular weight excluding hydrogens is 418 g/mol. The van der Waals surface area contributed by atoms with Crippen molar-refractivity contribution in [3.05, 3.63) is 68.8 Å². The van der Waals surface area contributed by atoms with Crippen LogP contribution >= 0.6 is 27.5 Å². The van der Waals surface area contributed by atoms with Gasteiger partial charge in [0.05, 0.1) is 11.1 Å². The molecule has 1 heterocycles. The van der Waals surface area contributed by atoms with Gasteiger partial charge in [0, 0.05) is 26.8 Å². The predicted molar refractivity (Wildman–Crippen MR) is 106 cm³/mol. The van der Waals surface area contributed by atoms with Crippen LogP contribution in [0.1, 0.15) is 42.8 Å². The van der Waals surface area contributed by atoms with Crippen molar-refractivity contribution in [2.24, 2.45) is 0 Å². The molecular formula is C20H19BrClNO3. The highest BCUT2D eigenvalue weighted by Gasteiger charge is 2.35. The maximum atomic E-state index is 13.1. The van der Waals surface area contributed by atoms with E-state index in [2.05, 4.69) is 21.2 Å². The smallest absolute Gasteiger partial charge is 0.198 e. The highest BCUT2D eigenvalue weighted by atomic mass is 79.9. The van der Waals surface area contributed by atoms with Gasteiger partial charge in [-0.05, 0) is 57.2 Å². The minimum absolute atomic E-state index is 0.0226. The maximum absolute atomic E-state index is 13.1. The third-order valence-electron chi connectivity index (χ3n) is 3.91. The van der Waals surface area contributed by atoms with Crippen LogP contribution in [-0.2, 0) is 0 Å². The molecule has 0 bridgehead atoms. The Balaban J connectivity index is 2.15. The van der Waals surface area contributed by atoms with E-state index in [1.54, 1.807) is 30.5 Å². The third kappa shape index (κ3) is 3.89. The Kier molecular flexibility index (Phi) is 5.04. The summed E-state index contributed by atoms with van der Waals surface area (Å²) in [5.74, 6) is 0.332. The lowest BCUT2D eigenvalue weighted by Crippen LogP contribution is -2.34. The van der Waals surface area contributed by atoms with E-state index in [1.165, 1.54) is 6.07 Å². The van der Waals surface area contributed by atoms with Gasteiger partial charge in [0.25, 0.3) is 0 Å². The third-order valence-corrected chi connectivity index (χ3v) is 4.64. The van der Waals surface area contributed by atoms with Crippen molar-refractivity contribution in [1.29, 1.82) is 0 Å². The summed E-state index contributed by atoms with van der Waals surface area (Å²) >= 11 is 9.49. The molecule has 1 unspecified atom stereocenters. The molecule has 136 valence electrons. The Labute approximate surface area is 166 Å². The lowest BCUT2D eigenvalue weighted by atomic mass is 9.91. The fourth-order valence-electron chi connectivity index (χ4n) is 2.65. The average Bonchev–Trinajstić information content (AvgIpc) is 2.56. The van der Waals surface area contributed by atoms with E-state index in [0.717, 1.165) is 4.47 Å². The van der Waals surface area contributed by atoms with Crippen molar-refractivity contribution < 1.29 is 14.6 Å². The Morgan fingerprint density at radius 2 is 1.96 bits per heavy atom. The number of carbonyl (C=O) groups is 1. The van der Waals surface area contributed by atoms with E-state index in [9.17, 15) is 9.90 Å². The van der Waals surface area contributed by atoms with Crippen LogP contribution < -0.4 is 10.1 Å². The van der Waals surface area contributed by atoms with Crippen LogP contribution in [0.15, 0.2) is 52.6 Å². The zero-order valence-corrected chi connectivity index (χ0v) is 17.0. The van der Waals surface area contributed by atoms with Gasteiger partial charge in [-0.1, -0.05) is 27.5 Å². The number of fused-ring (bicyclic) bond motifs is 1. The van der Waals surface area contributed by atoms with Crippen LogP contribution in [0.3, 0.4) is 0 Å². The van der Waals surface area contributed by atoms with Crippen molar-refractivity contribution in [3.8, 4) is 11.5 Å². The van der Waals surface area contributed by atoms with Crippen molar-refractivity contribution >= 4 is 33.3 Å². The molecule has 2 N–H and O–H groups in total. The summed E-state index contributed by atoms with van der Waals surface area (Å²) in [6, 6.07) is 9.98. The molecule has 1 atom stereocenters. The molecule has 0 spiro atoms. The van der Waals surface area contributed by atoms with Crippen LogP contribution in [0.25, 0.3) is 0 Å². The first kappa shape index (κ1) is 18.8. The number of Topliss-reactive ketones (excluding diaryl/α,β-unsaturated/α-hetero) is 1. The van der Waals surface area contributed by atoms with Crippen LogP contribution in [0.2, 0.25) is 5.02 Å². The number of phenols is 1. The standard InChI is InChI=1S/C20H19BrClNO3/c1-20(2,3)23-10-15-18(25)14-8-11(21)4-7-17(14)26-19(15)13-9-12(22)5-6-16(13)24/h4-10,19,23-24H,1-3H3/b15-10+. The Morgan fingerprint density at radius 3 is 2.65 bits per heavy atom. The molecule has 26 heavy (non-hydrogen) atoms. The van der Waals surface area contributed by atoms with Gasteiger partial charge in [0.15, 0.2) is 11.9 Å². The fourth-order valence-corrected chi connectivity index (χ4v) is 3.19. The zero-order valence-electron chi connectivity index (χ0n) is 14.6. The van der Waals surface area contributed by atoms with Gasteiger partial charge in [-0.25, -0.2) is 0 Å². The van der Waals surface area contributed by atoms with Gasteiger partial charge >= 0.3 is 0 Å². The Hall–Kier alpha value is -1.98. The Morgan fingerprint density at radius 1 is 1.23 bits per heavy atom. The van der Waals surface area contributed by atoms with Crippen molar-refractivity contribution in [1.82, 2.24) is 5.32 Å². The topological polar surface area (TPSA) is 58.6 Å². The van der Waals surface area contributed by atoms with Crippen LogP contribution in [0.4, 0.5) is 0 Å². The highest BCUT2D eigenvalue weighted by molar-refractivity contribution is 9.10. The van der Waals surface area contributed by atoms with Crippen molar-refractivity contribution in [2.45, 2.75) is 32.4 Å². The first-order valence-corrected chi connectivity index (χ1v) is 9.30. The van der Waals surface area contributed by atoms with Gasteiger partial charge < -0.3 is 15.2 Å². The number of halogens is 2. The monoisotopic (exact) mass is 435 g/mol. The molecule has 6 heteroatoms.